The molecule has 158 valence electrons. The number of piperazine rings is 1. The third kappa shape index (κ3) is 5.31. The van der Waals surface area contributed by atoms with Crippen LogP contribution in [-0.2, 0) is 4.79 Å². The van der Waals surface area contributed by atoms with Crippen LogP contribution in [0.5, 0.6) is 0 Å². The molecule has 1 aliphatic heterocycles. The van der Waals surface area contributed by atoms with Crippen LogP contribution in [0.3, 0.4) is 0 Å². The van der Waals surface area contributed by atoms with Crippen LogP contribution in [0.1, 0.15) is 19.4 Å². The van der Waals surface area contributed by atoms with Crippen molar-refractivity contribution in [1.29, 1.82) is 5.41 Å². The van der Waals surface area contributed by atoms with Crippen LogP contribution in [0.2, 0.25) is 0 Å². The number of nitrogens with two attached hydrogens (primary N) is 1. The van der Waals surface area contributed by atoms with Crippen molar-refractivity contribution in [3.63, 3.8) is 0 Å². The lowest BCUT2D eigenvalue weighted by Crippen LogP contribution is -2.51. The van der Waals surface area contributed by atoms with Crippen molar-refractivity contribution in [2.75, 3.05) is 18.9 Å². The number of halogens is 3. The molecule has 1 aromatic rings. The number of carbonyl (C=O) groups is 1. The van der Waals surface area contributed by atoms with Gasteiger partial charge in [-0.1, -0.05) is 0 Å². The van der Waals surface area contributed by atoms with Crippen molar-refractivity contribution >= 4 is 34.7 Å². The highest BCUT2D eigenvalue weighted by Gasteiger charge is 2.31. The summed E-state index contributed by atoms with van der Waals surface area (Å²) in [5.41, 5.74) is 6.53. The van der Waals surface area contributed by atoms with E-state index in [1.165, 1.54) is 11.0 Å². The van der Waals surface area contributed by atoms with Crippen molar-refractivity contribution in [2.45, 2.75) is 19.9 Å². The molecule has 0 spiro atoms. The molecule has 0 aliphatic carbocycles. The summed E-state index contributed by atoms with van der Waals surface area (Å²) in [4.78, 5) is 18.5. The number of rotatable bonds is 6. The zero-order valence-electron chi connectivity index (χ0n) is 16.2. The number of amides is 1. The van der Waals surface area contributed by atoms with Gasteiger partial charge in [0.05, 0.1) is 0 Å². The molecule has 2 heterocycles. The minimum atomic E-state index is -5.50. The Morgan fingerprint density at radius 1 is 1.45 bits per heavy atom. The van der Waals surface area contributed by atoms with E-state index in [1.807, 2.05) is 6.92 Å². The Bertz CT molecular complexity index is 894. The molecule has 1 unspecified atom stereocenters. The predicted molar refractivity (Wildman–Crippen MR) is 111 cm³/mol. The third-order valence-corrected chi connectivity index (χ3v) is 4.90. The molecule has 5 N–H and O–H groups in total. The molecular formula is C18H23F3N6OS. The Kier molecular flexibility index (Phi) is 6.96. The Morgan fingerprint density at radius 3 is 2.72 bits per heavy atom. The summed E-state index contributed by atoms with van der Waals surface area (Å²) in [6.45, 7) is 3.64. The monoisotopic (exact) mass is 428 g/mol. The zero-order valence-corrected chi connectivity index (χ0v) is 17.0. The van der Waals surface area contributed by atoms with E-state index >= 15 is 0 Å². The molecule has 1 aliphatic rings. The number of aromatic nitrogens is 1. The van der Waals surface area contributed by atoms with E-state index in [9.17, 15) is 16.5 Å². The van der Waals surface area contributed by atoms with Crippen LogP contribution in [0.4, 0.5) is 17.5 Å². The Balaban J connectivity index is 2.46. The van der Waals surface area contributed by atoms with Gasteiger partial charge in [0, 0.05) is 43.3 Å². The van der Waals surface area contributed by atoms with Crippen LogP contribution in [0, 0.1) is 5.41 Å². The molecule has 0 bridgehead atoms. The van der Waals surface area contributed by atoms with Crippen LogP contribution < -0.4 is 16.4 Å². The zero-order chi connectivity index (χ0) is 21.8. The van der Waals surface area contributed by atoms with E-state index in [-0.39, 0.29) is 18.3 Å². The highest BCUT2D eigenvalue weighted by atomic mass is 32.3. The van der Waals surface area contributed by atoms with Crippen molar-refractivity contribution in [1.82, 2.24) is 15.2 Å². The SMILES string of the molecule is CNc1cc(/C(C=N)=C2/NC(C)CN(/C(C)=C/C=C(\N)S(F)(F)F)C2=O)ccn1. The highest BCUT2D eigenvalue weighted by molar-refractivity contribution is 8.24. The lowest BCUT2D eigenvalue weighted by Gasteiger charge is -2.35. The van der Waals surface area contributed by atoms with Crippen molar-refractivity contribution in [2.24, 2.45) is 5.73 Å². The molecule has 1 saturated heterocycles. The van der Waals surface area contributed by atoms with Crippen molar-refractivity contribution in [3.8, 4) is 0 Å². The second kappa shape index (κ2) is 9.03. The molecule has 29 heavy (non-hydrogen) atoms. The van der Waals surface area contributed by atoms with Gasteiger partial charge in [-0.05, 0) is 43.7 Å². The lowest BCUT2D eigenvalue weighted by molar-refractivity contribution is -0.127. The average molecular weight is 428 g/mol. The van der Waals surface area contributed by atoms with E-state index in [4.69, 9.17) is 11.1 Å². The average Bonchev–Trinajstić information content (AvgIpc) is 2.68. The fourth-order valence-electron chi connectivity index (χ4n) is 2.75. The van der Waals surface area contributed by atoms with E-state index in [0.29, 0.717) is 22.7 Å². The molecule has 1 amide bonds. The molecular weight excluding hydrogens is 405 g/mol. The van der Waals surface area contributed by atoms with Crippen LogP contribution in [-0.4, -0.2) is 41.6 Å². The second-order valence-corrected chi connectivity index (χ2v) is 7.64. The van der Waals surface area contributed by atoms with E-state index in [2.05, 4.69) is 15.6 Å². The minimum Gasteiger partial charge on any atom is -0.389 e. The first kappa shape index (κ1) is 22.3. The van der Waals surface area contributed by atoms with Gasteiger partial charge < -0.3 is 26.7 Å². The largest absolute Gasteiger partial charge is 0.389 e. The van der Waals surface area contributed by atoms with Crippen molar-refractivity contribution in [3.05, 3.63) is 52.5 Å². The topological polar surface area (TPSA) is 107 Å². The molecule has 0 saturated carbocycles. The third-order valence-electron chi connectivity index (χ3n) is 4.23. The van der Waals surface area contributed by atoms with E-state index in [0.717, 1.165) is 12.3 Å². The number of hydrogen-bond donors (Lipinski definition) is 4. The molecule has 0 radical (unpaired) electrons. The maximum absolute atomic E-state index is 13.0. The molecule has 0 aromatic carbocycles. The summed E-state index contributed by atoms with van der Waals surface area (Å²) in [6.07, 6.45) is 4.57. The molecule has 7 nitrogen and oxygen atoms in total. The normalized spacial score (nSPS) is 20.8. The quantitative estimate of drug-likeness (QED) is 0.315. The number of anilines is 1. The summed E-state index contributed by atoms with van der Waals surface area (Å²) in [5.74, 6) is 0.131. The van der Waals surface area contributed by atoms with Crippen LogP contribution in [0.15, 0.2) is 46.9 Å². The van der Waals surface area contributed by atoms with E-state index in [1.54, 1.807) is 32.3 Å². The van der Waals surface area contributed by atoms with Crippen LogP contribution in [0.25, 0.3) is 5.57 Å². The highest BCUT2D eigenvalue weighted by Crippen LogP contribution is 2.58. The van der Waals surface area contributed by atoms with E-state index < -0.39 is 22.1 Å². The van der Waals surface area contributed by atoms with Gasteiger partial charge in [0.2, 0.25) is 0 Å². The predicted octanol–water partition coefficient (Wildman–Crippen LogP) is 3.47. The number of hydrogen-bond acceptors (Lipinski definition) is 6. The molecule has 2 rings (SSSR count). The first-order chi connectivity index (χ1) is 13.6. The fourth-order valence-corrected chi connectivity index (χ4v) is 2.97. The minimum absolute atomic E-state index is 0.179. The maximum atomic E-state index is 13.0. The van der Waals surface area contributed by atoms with Gasteiger partial charge in [-0.3, -0.25) is 4.79 Å². The standard InChI is InChI=1S/C18H23F3N6OS/c1-11-10-27(12(2)4-5-15(23)29(19,20)21)18(28)17(26-11)14(9-22)13-6-7-25-16(8-13)24-3/h4-9,11,22,26H,10,23H2,1-3H3,(H,24,25)/b12-4+,15-5+,17-14+,22-9?. The fraction of sp³-hybridized carbons (Fsp3) is 0.278. The Labute approximate surface area is 169 Å². The van der Waals surface area contributed by atoms with Gasteiger partial charge in [0.1, 0.15) is 16.5 Å². The van der Waals surface area contributed by atoms with Gasteiger partial charge in [-0.2, -0.15) is 0 Å². The molecule has 11 heteroatoms. The Hall–Kier alpha value is -2.95. The Morgan fingerprint density at radius 2 is 2.14 bits per heavy atom. The summed E-state index contributed by atoms with van der Waals surface area (Å²) in [6, 6.07) is 3.19. The second-order valence-electron chi connectivity index (χ2n) is 6.36. The van der Waals surface area contributed by atoms with Crippen LogP contribution >= 0.6 is 11.2 Å². The van der Waals surface area contributed by atoms with Gasteiger partial charge in [-0.15, -0.1) is 11.7 Å². The van der Waals surface area contributed by atoms with Gasteiger partial charge in [0.25, 0.3) is 17.1 Å². The van der Waals surface area contributed by atoms with Gasteiger partial charge in [-0.25, -0.2) is 4.98 Å². The summed E-state index contributed by atoms with van der Waals surface area (Å²) in [7, 11) is 1.70. The van der Waals surface area contributed by atoms with Crippen molar-refractivity contribution < 1.29 is 16.5 Å². The lowest BCUT2D eigenvalue weighted by atomic mass is 10.0. The summed E-state index contributed by atoms with van der Waals surface area (Å²) < 4.78 is 38.0. The molecule has 1 aromatic heterocycles. The van der Waals surface area contributed by atoms with Gasteiger partial charge >= 0.3 is 0 Å². The number of nitrogens with zero attached hydrogens (tertiary/aromatic N) is 2. The first-order valence-electron chi connectivity index (χ1n) is 8.62. The number of carbonyl (C=O) groups excluding carboxylic acids is 1. The molecule has 1 atom stereocenters. The smallest absolute Gasteiger partial charge is 0.274 e. The first-order valence-corrected chi connectivity index (χ1v) is 9.95. The maximum Gasteiger partial charge on any atom is 0.274 e. The van der Waals surface area contributed by atoms with Gasteiger partial charge in [0.15, 0.2) is 0 Å². The summed E-state index contributed by atoms with van der Waals surface area (Å²) >= 11 is -5.50. The number of nitrogens with one attached hydrogen (secondary N) is 3. The number of allylic oxidation sites excluding steroid dienone is 4. The summed E-state index contributed by atoms with van der Waals surface area (Å²) in [5, 5.41) is 12.6. The molecule has 1 fully saturated rings. The number of pyridine rings is 1.